The van der Waals surface area contributed by atoms with Gasteiger partial charge in [-0.3, -0.25) is 0 Å². The first-order valence-electron chi connectivity index (χ1n) is 8.45. The van der Waals surface area contributed by atoms with E-state index in [0.717, 1.165) is 31.7 Å². The van der Waals surface area contributed by atoms with Gasteiger partial charge in [0.15, 0.2) is 0 Å². The van der Waals surface area contributed by atoms with Crippen LogP contribution in [0.2, 0.25) is 0 Å². The third kappa shape index (κ3) is 4.39. The molecule has 1 saturated heterocycles. The van der Waals surface area contributed by atoms with Gasteiger partial charge in [-0.2, -0.15) is 0 Å². The predicted octanol–water partition coefficient (Wildman–Crippen LogP) is 1.97. The third-order valence-electron chi connectivity index (χ3n) is 4.56. The summed E-state index contributed by atoms with van der Waals surface area (Å²) in [5.74, 6) is 0.134. The Morgan fingerprint density at radius 2 is 1.85 bits per heavy atom. The SMILES string of the molecule is O=C(O)c1ccc(S(=O)(=O)NCC2CCN(c3ccccn3)CC2)cc1. The fraction of sp³-hybridized carbons (Fsp3) is 0.333. The summed E-state index contributed by atoms with van der Waals surface area (Å²) in [5.41, 5.74) is 0.0610. The van der Waals surface area contributed by atoms with Crippen molar-refractivity contribution >= 4 is 21.8 Å². The molecule has 2 N–H and O–H groups in total. The number of carbonyl (C=O) groups is 1. The second-order valence-electron chi connectivity index (χ2n) is 6.30. The Kier molecular flexibility index (Phi) is 5.53. The number of anilines is 1. The van der Waals surface area contributed by atoms with E-state index in [1.807, 2.05) is 18.2 Å². The lowest BCUT2D eigenvalue weighted by molar-refractivity contribution is 0.0696. The van der Waals surface area contributed by atoms with Gasteiger partial charge in [0.2, 0.25) is 10.0 Å². The molecular formula is C18H21N3O4S. The van der Waals surface area contributed by atoms with E-state index in [1.54, 1.807) is 6.20 Å². The zero-order valence-electron chi connectivity index (χ0n) is 14.2. The maximum atomic E-state index is 12.4. The Labute approximate surface area is 152 Å². The summed E-state index contributed by atoms with van der Waals surface area (Å²) in [6.45, 7) is 2.06. The van der Waals surface area contributed by atoms with Gasteiger partial charge in [0.1, 0.15) is 5.82 Å². The maximum absolute atomic E-state index is 12.4. The summed E-state index contributed by atoms with van der Waals surface area (Å²) in [7, 11) is -3.64. The Hall–Kier alpha value is -2.45. The highest BCUT2D eigenvalue weighted by molar-refractivity contribution is 7.89. The molecule has 0 bridgehead atoms. The van der Waals surface area contributed by atoms with Crippen LogP contribution in [0.5, 0.6) is 0 Å². The molecule has 0 saturated carbocycles. The zero-order valence-corrected chi connectivity index (χ0v) is 15.0. The highest BCUT2D eigenvalue weighted by atomic mass is 32.2. The van der Waals surface area contributed by atoms with Crippen LogP contribution in [0.15, 0.2) is 53.6 Å². The van der Waals surface area contributed by atoms with Crippen LogP contribution >= 0.6 is 0 Å². The Morgan fingerprint density at radius 3 is 2.42 bits per heavy atom. The van der Waals surface area contributed by atoms with Gasteiger partial charge in [-0.15, -0.1) is 0 Å². The number of aromatic carboxylic acids is 1. The van der Waals surface area contributed by atoms with Crippen LogP contribution in [-0.4, -0.2) is 44.1 Å². The molecule has 2 aromatic rings. The average Bonchev–Trinajstić information content (AvgIpc) is 2.67. The summed E-state index contributed by atoms with van der Waals surface area (Å²) < 4.78 is 27.4. The number of pyridine rings is 1. The van der Waals surface area contributed by atoms with Crippen LogP contribution in [0, 0.1) is 5.92 Å². The van der Waals surface area contributed by atoms with Crippen molar-refractivity contribution in [1.29, 1.82) is 0 Å². The van der Waals surface area contributed by atoms with Crippen molar-refractivity contribution in [3.63, 3.8) is 0 Å². The average molecular weight is 375 g/mol. The van der Waals surface area contributed by atoms with Gasteiger partial charge in [-0.05, 0) is 55.2 Å². The number of nitrogens with one attached hydrogen (secondary N) is 1. The van der Waals surface area contributed by atoms with Crippen LogP contribution in [0.3, 0.4) is 0 Å². The molecular weight excluding hydrogens is 354 g/mol. The molecule has 138 valence electrons. The molecule has 0 aliphatic carbocycles. The van der Waals surface area contributed by atoms with Crippen molar-refractivity contribution in [2.24, 2.45) is 5.92 Å². The fourth-order valence-electron chi connectivity index (χ4n) is 2.99. The monoisotopic (exact) mass is 375 g/mol. The summed E-state index contributed by atoms with van der Waals surface area (Å²) in [6.07, 6.45) is 3.54. The van der Waals surface area contributed by atoms with Crippen LogP contribution in [0.4, 0.5) is 5.82 Å². The van der Waals surface area contributed by atoms with Gasteiger partial charge in [-0.1, -0.05) is 6.07 Å². The minimum absolute atomic E-state index is 0.0610. The van der Waals surface area contributed by atoms with Gasteiger partial charge >= 0.3 is 5.97 Å². The fourth-order valence-corrected chi connectivity index (χ4v) is 4.11. The minimum Gasteiger partial charge on any atom is -0.478 e. The topological polar surface area (TPSA) is 99.6 Å². The number of sulfonamides is 1. The Morgan fingerprint density at radius 1 is 1.15 bits per heavy atom. The van der Waals surface area contributed by atoms with Crippen molar-refractivity contribution < 1.29 is 18.3 Å². The number of piperidine rings is 1. The van der Waals surface area contributed by atoms with E-state index in [9.17, 15) is 13.2 Å². The minimum atomic E-state index is -3.64. The summed E-state index contributed by atoms with van der Waals surface area (Å²) in [6, 6.07) is 11.0. The van der Waals surface area contributed by atoms with E-state index >= 15 is 0 Å². The Balaban J connectivity index is 1.53. The van der Waals surface area contributed by atoms with Crippen molar-refractivity contribution in [3.05, 3.63) is 54.2 Å². The summed E-state index contributed by atoms with van der Waals surface area (Å²) in [4.78, 5) is 17.5. The second-order valence-corrected chi connectivity index (χ2v) is 8.07. The second kappa shape index (κ2) is 7.84. The molecule has 0 spiro atoms. The highest BCUT2D eigenvalue weighted by Crippen LogP contribution is 2.21. The number of hydrogen-bond donors (Lipinski definition) is 2. The quantitative estimate of drug-likeness (QED) is 0.801. The molecule has 0 unspecified atom stereocenters. The lowest BCUT2D eigenvalue weighted by Crippen LogP contribution is -2.39. The van der Waals surface area contributed by atoms with Crippen molar-refractivity contribution in [2.45, 2.75) is 17.7 Å². The summed E-state index contributed by atoms with van der Waals surface area (Å²) >= 11 is 0. The zero-order chi connectivity index (χ0) is 18.6. The number of hydrogen-bond acceptors (Lipinski definition) is 5. The van der Waals surface area contributed by atoms with Gasteiger partial charge < -0.3 is 10.0 Å². The lowest BCUT2D eigenvalue weighted by Gasteiger charge is -2.32. The van der Waals surface area contributed by atoms with Crippen molar-refractivity contribution in [2.75, 3.05) is 24.5 Å². The molecule has 1 aromatic heterocycles. The molecule has 3 rings (SSSR count). The van der Waals surface area contributed by atoms with Crippen LogP contribution < -0.4 is 9.62 Å². The molecule has 1 aliphatic heterocycles. The molecule has 7 nitrogen and oxygen atoms in total. The van der Waals surface area contributed by atoms with Crippen LogP contribution in [0.25, 0.3) is 0 Å². The molecule has 0 radical (unpaired) electrons. The number of rotatable bonds is 6. The van der Waals surface area contributed by atoms with E-state index in [1.165, 1.54) is 24.3 Å². The largest absolute Gasteiger partial charge is 0.478 e. The van der Waals surface area contributed by atoms with Gasteiger partial charge in [-0.25, -0.2) is 22.9 Å². The normalized spacial score (nSPS) is 15.8. The van der Waals surface area contributed by atoms with E-state index in [-0.39, 0.29) is 16.4 Å². The molecule has 0 amide bonds. The van der Waals surface area contributed by atoms with E-state index in [4.69, 9.17) is 5.11 Å². The van der Waals surface area contributed by atoms with Gasteiger partial charge in [0.05, 0.1) is 10.5 Å². The standard InChI is InChI=1S/C18H21N3O4S/c22-18(23)15-4-6-16(7-5-15)26(24,25)20-13-14-8-11-21(12-9-14)17-3-1-2-10-19-17/h1-7,10,14,20H,8-9,11-13H2,(H,22,23). The number of carboxylic acids is 1. The first-order valence-corrected chi connectivity index (χ1v) is 9.93. The molecule has 1 fully saturated rings. The first kappa shape index (κ1) is 18.3. The Bertz CT molecular complexity index is 846. The lowest BCUT2D eigenvalue weighted by atomic mass is 9.97. The van der Waals surface area contributed by atoms with Crippen LogP contribution in [0.1, 0.15) is 23.2 Å². The molecule has 2 heterocycles. The molecule has 8 heteroatoms. The number of benzene rings is 1. The predicted molar refractivity (Wildman–Crippen MR) is 97.8 cm³/mol. The smallest absolute Gasteiger partial charge is 0.335 e. The van der Waals surface area contributed by atoms with E-state index in [2.05, 4.69) is 14.6 Å². The number of aromatic nitrogens is 1. The number of nitrogens with zero attached hydrogens (tertiary/aromatic N) is 2. The van der Waals surface area contributed by atoms with Gasteiger partial charge in [0.25, 0.3) is 0 Å². The maximum Gasteiger partial charge on any atom is 0.335 e. The molecule has 0 atom stereocenters. The number of carboxylic acid groups (broad SMARTS) is 1. The van der Waals surface area contributed by atoms with Gasteiger partial charge in [0, 0.05) is 25.8 Å². The first-order chi connectivity index (χ1) is 12.5. The van der Waals surface area contributed by atoms with Crippen molar-refractivity contribution in [3.8, 4) is 0 Å². The highest BCUT2D eigenvalue weighted by Gasteiger charge is 2.22. The molecule has 1 aliphatic rings. The van der Waals surface area contributed by atoms with E-state index < -0.39 is 16.0 Å². The third-order valence-corrected chi connectivity index (χ3v) is 6.00. The van der Waals surface area contributed by atoms with Crippen LogP contribution in [-0.2, 0) is 10.0 Å². The molecule has 26 heavy (non-hydrogen) atoms. The van der Waals surface area contributed by atoms with Crippen molar-refractivity contribution in [1.82, 2.24) is 9.71 Å². The van der Waals surface area contributed by atoms with E-state index in [0.29, 0.717) is 6.54 Å². The molecule has 1 aromatic carbocycles. The summed E-state index contributed by atoms with van der Waals surface area (Å²) in [5, 5.41) is 8.88.